The third-order valence-electron chi connectivity index (χ3n) is 6.33. The van der Waals surface area contributed by atoms with Crippen LogP contribution in [0.3, 0.4) is 0 Å². The second-order valence-corrected chi connectivity index (χ2v) is 10.1. The second-order valence-electron chi connectivity index (χ2n) is 10.1. The number of nitro groups is 1. The summed E-state index contributed by atoms with van der Waals surface area (Å²) in [5, 5.41) is 31.6. The number of rotatable bonds is 6. The normalized spacial score (nSPS) is 20.2. The zero-order chi connectivity index (χ0) is 23.5. The van der Waals surface area contributed by atoms with E-state index < -0.39 is 16.1 Å². The monoisotopic (exact) mass is 449 g/mol. The van der Waals surface area contributed by atoms with Gasteiger partial charge in [-0.15, -0.1) is 0 Å². The van der Waals surface area contributed by atoms with Gasteiger partial charge in [-0.05, 0) is 58.4 Å². The lowest BCUT2D eigenvalue weighted by atomic mass is 9.87. The number of benzene rings is 1. The van der Waals surface area contributed by atoms with Crippen LogP contribution in [0, 0.1) is 16.0 Å². The first kappa shape index (κ1) is 24.3. The molecule has 0 unspecified atom stereocenters. The molecule has 2 aliphatic rings. The van der Waals surface area contributed by atoms with Crippen molar-refractivity contribution in [2.45, 2.75) is 64.1 Å². The molecule has 1 aromatic rings. The van der Waals surface area contributed by atoms with Crippen molar-refractivity contribution in [1.82, 2.24) is 4.90 Å². The van der Waals surface area contributed by atoms with Crippen molar-refractivity contribution < 1.29 is 24.7 Å². The van der Waals surface area contributed by atoms with E-state index in [9.17, 15) is 25.1 Å². The summed E-state index contributed by atoms with van der Waals surface area (Å²) in [6.45, 7) is 9.62. The van der Waals surface area contributed by atoms with E-state index in [1.165, 1.54) is 12.1 Å². The number of nitrogens with zero attached hydrogens (tertiary/aromatic N) is 3. The average Bonchev–Trinajstić information content (AvgIpc) is 2.68. The fourth-order valence-electron chi connectivity index (χ4n) is 4.58. The Morgan fingerprint density at radius 1 is 1.22 bits per heavy atom. The first-order valence-corrected chi connectivity index (χ1v) is 11.3. The minimum Gasteiger partial charge on any atom is -0.502 e. The van der Waals surface area contributed by atoms with Crippen LogP contribution < -0.4 is 4.90 Å². The van der Waals surface area contributed by atoms with Crippen molar-refractivity contribution in [2.75, 3.05) is 37.6 Å². The summed E-state index contributed by atoms with van der Waals surface area (Å²) >= 11 is 0. The maximum absolute atomic E-state index is 12.1. The minimum absolute atomic E-state index is 0.0403. The molecule has 1 aromatic carbocycles. The number of aromatic hydroxyl groups is 1. The molecule has 9 heteroatoms. The quantitative estimate of drug-likeness (QED) is 0.387. The molecule has 178 valence electrons. The summed E-state index contributed by atoms with van der Waals surface area (Å²) in [5.74, 6) is -0.116. The Bertz CT molecular complexity index is 822. The van der Waals surface area contributed by atoms with Gasteiger partial charge in [-0.2, -0.15) is 0 Å². The first-order valence-electron chi connectivity index (χ1n) is 11.3. The number of likely N-dealkylation sites (tertiary alicyclic amines) is 1. The molecule has 0 spiro atoms. The molecule has 2 aliphatic heterocycles. The highest BCUT2D eigenvalue weighted by molar-refractivity contribution is 5.71. The predicted molar refractivity (Wildman–Crippen MR) is 121 cm³/mol. The van der Waals surface area contributed by atoms with Crippen molar-refractivity contribution in [3.05, 3.63) is 28.3 Å². The topological polar surface area (TPSA) is 116 Å². The fourth-order valence-corrected chi connectivity index (χ4v) is 4.58. The third-order valence-corrected chi connectivity index (χ3v) is 6.33. The van der Waals surface area contributed by atoms with E-state index in [1.54, 1.807) is 6.07 Å². The molecule has 0 bridgehead atoms. The van der Waals surface area contributed by atoms with Gasteiger partial charge >= 0.3 is 11.7 Å². The van der Waals surface area contributed by atoms with Gasteiger partial charge in [0.05, 0.1) is 16.9 Å². The number of ether oxygens (including phenoxy) is 1. The van der Waals surface area contributed by atoms with Crippen LogP contribution >= 0.6 is 0 Å². The lowest BCUT2D eigenvalue weighted by Crippen LogP contribution is -2.48. The Balaban J connectivity index is 1.43. The Kier molecular flexibility index (Phi) is 7.29. The number of piperidine rings is 2. The van der Waals surface area contributed by atoms with Crippen molar-refractivity contribution in [1.29, 1.82) is 0 Å². The summed E-state index contributed by atoms with van der Waals surface area (Å²) in [4.78, 5) is 26.9. The Morgan fingerprint density at radius 3 is 2.38 bits per heavy atom. The molecule has 9 nitrogen and oxygen atoms in total. The minimum atomic E-state index is -0.986. The van der Waals surface area contributed by atoms with Crippen LogP contribution in [-0.2, 0) is 9.53 Å². The Hall–Kier alpha value is -2.39. The van der Waals surface area contributed by atoms with E-state index >= 15 is 0 Å². The zero-order valence-corrected chi connectivity index (χ0v) is 19.2. The molecule has 0 amide bonds. The number of nitro benzene ring substituents is 1. The molecule has 0 aromatic heterocycles. The van der Waals surface area contributed by atoms with E-state index in [2.05, 4.69) is 9.80 Å². The van der Waals surface area contributed by atoms with Gasteiger partial charge in [0.2, 0.25) is 0 Å². The molecule has 0 atom stereocenters. The smallest absolute Gasteiger partial charge is 0.310 e. The maximum atomic E-state index is 12.1. The van der Waals surface area contributed by atoms with E-state index in [-0.39, 0.29) is 23.8 Å². The second kappa shape index (κ2) is 9.62. The van der Waals surface area contributed by atoms with E-state index in [4.69, 9.17) is 4.74 Å². The number of esters is 1. The molecule has 0 saturated carbocycles. The van der Waals surface area contributed by atoms with Crippen LogP contribution in [0.25, 0.3) is 0 Å². The predicted octanol–water partition coefficient (Wildman–Crippen LogP) is 3.08. The fraction of sp³-hybridized carbons (Fsp3) is 0.696. The number of carbonyl (C=O) groups excluding carboxylic acids is 1. The van der Waals surface area contributed by atoms with E-state index in [0.717, 1.165) is 51.3 Å². The maximum Gasteiger partial charge on any atom is 0.310 e. The van der Waals surface area contributed by atoms with Gasteiger partial charge in [0.1, 0.15) is 5.60 Å². The number of phenols is 1. The molecule has 2 N–H and O–H groups in total. The molecular formula is C23H35N3O6. The number of anilines is 1. The van der Waals surface area contributed by atoms with Crippen LogP contribution in [0.15, 0.2) is 18.2 Å². The van der Waals surface area contributed by atoms with Gasteiger partial charge in [-0.3, -0.25) is 14.9 Å². The van der Waals surface area contributed by atoms with Gasteiger partial charge < -0.3 is 24.7 Å². The standard InChI is InChI=1S/C23H35N3O6/c1-22(2,3)32-21(28)15-23(29)8-12-24(13-9-23)16-17-6-10-25(11-7-17)18-4-5-19(26(30)31)20(27)14-18/h4-5,14,17,27,29H,6-13,15-16H2,1-3H3. The molecular weight excluding hydrogens is 414 g/mol. The van der Waals surface area contributed by atoms with Gasteiger partial charge in [0.25, 0.3) is 0 Å². The Labute approximate surface area is 189 Å². The van der Waals surface area contributed by atoms with Crippen LogP contribution in [0.5, 0.6) is 5.75 Å². The summed E-state index contributed by atoms with van der Waals surface area (Å²) in [7, 11) is 0. The summed E-state index contributed by atoms with van der Waals surface area (Å²) in [6, 6.07) is 4.51. The highest BCUT2D eigenvalue weighted by atomic mass is 16.6. The molecule has 2 fully saturated rings. The first-order chi connectivity index (χ1) is 14.9. The van der Waals surface area contributed by atoms with Gasteiger partial charge in [0.15, 0.2) is 5.75 Å². The zero-order valence-electron chi connectivity index (χ0n) is 19.2. The van der Waals surface area contributed by atoms with E-state index in [1.807, 2.05) is 20.8 Å². The number of hydrogen-bond acceptors (Lipinski definition) is 8. The molecule has 2 saturated heterocycles. The SMILES string of the molecule is CC(C)(C)OC(=O)CC1(O)CCN(CC2CCN(c3ccc([N+](=O)[O-])c(O)c3)CC2)CC1. The van der Waals surface area contributed by atoms with Crippen LogP contribution in [-0.4, -0.2) is 69.9 Å². The average molecular weight is 450 g/mol. The largest absolute Gasteiger partial charge is 0.502 e. The summed E-state index contributed by atoms with van der Waals surface area (Å²) in [5.41, 5.74) is -1.01. The highest BCUT2D eigenvalue weighted by Gasteiger charge is 2.36. The lowest BCUT2D eigenvalue weighted by Gasteiger charge is -2.41. The highest BCUT2D eigenvalue weighted by Crippen LogP contribution is 2.33. The molecule has 32 heavy (non-hydrogen) atoms. The number of phenolic OH excluding ortho intramolecular Hbond substituents is 1. The summed E-state index contributed by atoms with van der Waals surface area (Å²) in [6.07, 6.45) is 3.16. The molecule has 3 rings (SSSR count). The van der Waals surface area contributed by atoms with Gasteiger partial charge in [-0.25, -0.2) is 0 Å². The van der Waals surface area contributed by atoms with Crippen molar-refractivity contribution in [3.63, 3.8) is 0 Å². The van der Waals surface area contributed by atoms with E-state index in [0.29, 0.717) is 18.8 Å². The number of hydrogen-bond donors (Lipinski definition) is 2. The third kappa shape index (κ3) is 6.56. The van der Waals surface area contributed by atoms with Crippen LogP contribution in [0.2, 0.25) is 0 Å². The van der Waals surface area contributed by atoms with Crippen LogP contribution in [0.1, 0.15) is 52.9 Å². The van der Waals surface area contributed by atoms with Crippen LogP contribution in [0.4, 0.5) is 11.4 Å². The van der Waals surface area contributed by atoms with Crippen molar-refractivity contribution >= 4 is 17.3 Å². The molecule has 2 heterocycles. The van der Waals surface area contributed by atoms with Crippen molar-refractivity contribution in [2.24, 2.45) is 5.92 Å². The number of aliphatic hydroxyl groups is 1. The Morgan fingerprint density at radius 2 is 1.84 bits per heavy atom. The lowest BCUT2D eigenvalue weighted by molar-refractivity contribution is -0.385. The number of carbonyl (C=O) groups is 1. The van der Waals surface area contributed by atoms with Gasteiger partial charge in [0, 0.05) is 50.5 Å². The molecule has 0 aliphatic carbocycles. The van der Waals surface area contributed by atoms with Gasteiger partial charge in [-0.1, -0.05) is 0 Å². The molecule has 0 radical (unpaired) electrons. The van der Waals surface area contributed by atoms with Crippen molar-refractivity contribution in [3.8, 4) is 5.75 Å². The summed E-state index contributed by atoms with van der Waals surface area (Å²) < 4.78 is 5.36.